The molecule has 0 aliphatic carbocycles. The normalized spacial score (nSPS) is 25.0. The molecule has 21 heavy (non-hydrogen) atoms. The minimum absolute atomic E-state index is 0.201. The molecule has 2 rings (SSSR count). The molecule has 0 spiro atoms. The van der Waals surface area contributed by atoms with Crippen molar-refractivity contribution < 1.29 is 4.74 Å². The monoisotopic (exact) mass is 290 g/mol. The molecule has 3 heteroatoms. The first-order chi connectivity index (χ1) is 10.0. The first kappa shape index (κ1) is 16.3. The Morgan fingerprint density at radius 2 is 2.05 bits per heavy atom. The largest absolute Gasteiger partial charge is 0.491 e. The highest BCUT2D eigenvalue weighted by atomic mass is 16.5. The lowest BCUT2D eigenvalue weighted by Crippen LogP contribution is -2.43. The zero-order chi connectivity index (χ0) is 15.4. The molecule has 1 saturated heterocycles. The van der Waals surface area contributed by atoms with E-state index in [-0.39, 0.29) is 6.10 Å². The van der Waals surface area contributed by atoms with E-state index in [1.165, 1.54) is 12.0 Å². The van der Waals surface area contributed by atoms with E-state index in [0.717, 1.165) is 30.7 Å². The van der Waals surface area contributed by atoms with E-state index in [2.05, 4.69) is 50.8 Å². The second kappa shape index (κ2) is 7.28. The van der Waals surface area contributed by atoms with E-state index in [4.69, 9.17) is 10.5 Å². The van der Waals surface area contributed by atoms with Crippen molar-refractivity contribution >= 4 is 0 Å². The fourth-order valence-electron chi connectivity index (χ4n) is 3.14. The second-order valence-electron chi connectivity index (χ2n) is 6.73. The number of ether oxygens (including phenoxy) is 1. The number of likely N-dealkylation sites (tertiary alicyclic amines) is 1. The number of nitrogens with zero attached hydrogens (tertiary/aromatic N) is 1. The van der Waals surface area contributed by atoms with E-state index in [1.54, 1.807) is 0 Å². The van der Waals surface area contributed by atoms with Crippen molar-refractivity contribution in [3.63, 3.8) is 0 Å². The summed E-state index contributed by atoms with van der Waals surface area (Å²) < 4.78 is 5.82. The maximum absolute atomic E-state index is 6.08. The minimum Gasteiger partial charge on any atom is -0.491 e. The van der Waals surface area contributed by atoms with Crippen molar-refractivity contribution in [2.45, 2.75) is 46.3 Å². The van der Waals surface area contributed by atoms with Gasteiger partial charge in [-0.15, -0.1) is 0 Å². The Balaban J connectivity index is 2.13. The highest BCUT2D eigenvalue weighted by Gasteiger charge is 2.28. The van der Waals surface area contributed by atoms with E-state index in [1.807, 2.05) is 6.07 Å². The van der Waals surface area contributed by atoms with Gasteiger partial charge in [0.15, 0.2) is 0 Å². The number of hydrogen-bond donors (Lipinski definition) is 1. The molecule has 3 nitrogen and oxygen atoms in total. The van der Waals surface area contributed by atoms with Crippen LogP contribution in [0.5, 0.6) is 5.75 Å². The molecule has 1 heterocycles. The zero-order valence-corrected chi connectivity index (χ0v) is 13.9. The lowest BCUT2D eigenvalue weighted by molar-refractivity contribution is 0.0981. The molecule has 118 valence electrons. The van der Waals surface area contributed by atoms with E-state index >= 15 is 0 Å². The average molecular weight is 290 g/mol. The lowest BCUT2D eigenvalue weighted by atomic mass is 9.87. The van der Waals surface area contributed by atoms with Crippen molar-refractivity contribution in [1.29, 1.82) is 0 Å². The molecule has 3 atom stereocenters. The molecule has 1 fully saturated rings. The summed E-state index contributed by atoms with van der Waals surface area (Å²) in [6, 6.07) is 8.73. The fourth-order valence-corrected chi connectivity index (χ4v) is 3.14. The topological polar surface area (TPSA) is 38.5 Å². The summed E-state index contributed by atoms with van der Waals surface area (Å²) >= 11 is 0. The van der Waals surface area contributed by atoms with Crippen LogP contribution in [0, 0.1) is 11.8 Å². The molecule has 1 aromatic rings. The van der Waals surface area contributed by atoms with Crippen LogP contribution in [-0.4, -0.2) is 30.6 Å². The Morgan fingerprint density at radius 3 is 2.67 bits per heavy atom. The summed E-state index contributed by atoms with van der Waals surface area (Å²) in [6.07, 6.45) is 1.47. The first-order valence-corrected chi connectivity index (χ1v) is 8.22. The van der Waals surface area contributed by atoms with Gasteiger partial charge in [0.05, 0.1) is 6.10 Å². The number of nitrogens with two attached hydrogens (primary N) is 1. The fraction of sp³-hybridized carbons (Fsp3) is 0.667. The van der Waals surface area contributed by atoms with E-state index in [0.29, 0.717) is 12.6 Å². The summed E-state index contributed by atoms with van der Waals surface area (Å²) in [5, 5.41) is 0. The standard InChI is InChI=1S/C18H30N2O/c1-13(2)21-17-7-5-6-16(10-17)18(11-19)20-9-8-14(3)15(4)12-20/h5-7,10,13-15,18H,8-9,11-12,19H2,1-4H3. The van der Waals surface area contributed by atoms with Gasteiger partial charge in [-0.25, -0.2) is 0 Å². The third-order valence-corrected chi connectivity index (χ3v) is 4.64. The van der Waals surface area contributed by atoms with Crippen molar-refractivity contribution in [1.82, 2.24) is 4.90 Å². The second-order valence-corrected chi connectivity index (χ2v) is 6.73. The predicted molar refractivity (Wildman–Crippen MR) is 88.5 cm³/mol. The van der Waals surface area contributed by atoms with Gasteiger partial charge >= 0.3 is 0 Å². The molecule has 1 aliphatic heterocycles. The van der Waals surface area contributed by atoms with Crippen LogP contribution in [0.2, 0.25) is 0 Å². The number of benzene rings is 1. The summed E-state index contributed by atoms with van der Waals surface area (Å²) in [4.78, 5) is 2.54. The van der Waals surface area contributed by atoms with Crippen LogP contribution >= 0.6 is 0 Å². The highest BCUT2D eigenvalue weighted by molar-refractivity contribution is 5.31. The summed E-state index contributed by atoms with van der Waals surface area (Å²) in [5.41, 5.74) is 7.36. The van der Waals surface area contributed by atoms with Crippen molar-refractivity contribution in [3.05, 3.63) is 29.8 Å². The molecular weight excluding hydrogens is 260 g/mol. The number of piperidine rings is 1. The summed E-state index contributed by atoms with van der Waals surface area (Å²) in [5.74, 6) is 2.50. The van der Waals surface area contributed by atoms with Gasteiger partial charge in [-0.2, -0.15) is 0 Å². The molecular formula is C18H30N2O. The van der Waals surface area contributed by atoms with Crippen LogP contribution in [0.15, 0.2) is 24.3 Å². The summed E-state index contributed by atoms with van der Waals surface area (Å²) in [6.45, 7) is 11.8. The summed E-state index contributed by atoms with van der Waals surface area (Å²) in [7, 11) is 0. The highest BCUT2D eigenvalue weighted by Crippen LogP contribution is 2.30. The van der Waals surface area contributed by atoms with Gasteiger partial charge in [0.2, 0.25) is 0 Å². The molecule has 0 bridgehead atoms. The van der Waals surface area contributed by atoms with Crippen molar-refractivity contribution in [2.75, 3.05) is 19.6 Å². The van der Waals surface area contributed by atoms with E-state index < -0.39 is 0 Å². The Hall–Kier alpha value is -1.06. The number of hydrogen-bond acceptors (Lipinski definition) is 3. The van der Waals surface area contributed by atoms with Crippen LogP contribution in [0.25, 0.3) is 0 Å². The Kier molecular flexibility index (Phi) is 5.65. The smallest absolute Gasteiger partial charge is 0.120 e. The van der Waals surface area contributed by atoms with Crippen molar-refractivity contribution in [3.8, 4) is 5.75 Å². The number of rotatable bonds is 5. The molecule has 1 aliphatic rings. The molecule has 0 saturated carbocycles. The lowest BCUT2D eigenvalue weighted by Gasteiger charge is -2.40. The minimum atomic E-state index is 0.201. The van der Waals surface area contributed by atoms with Crippen LogP contribution in [0.1, 0.15) is 45.7 Å². The third-order valence-electron chi connectivity index (χ3n) is 4.64. The van der Waals surface area contributed by atoms with Gasteiger partial charge in [-0.3, -0.25) is 4.90 Å². The van der Waals surface area contributed by atoms with Gasteiger partial charge in [0.25, 0.3) is 0 Å². The Labute approximate surface area is 129 Å². The van der Waals surface area contributed by atoms with Gasteiger partial charge < -0.3 is 10.5 Å². The van der Waals surface area contributed by atoms with E-state index in [9.17, 15) is 0 Å². The quantitative estimate of drug-likeness (QED) is 0.902. The van der Waals surface area contributed by atoms with Crippen molar-refractivity contribution in [2.24, 2.45) is 17.6 Å². The molecule has 0 aromatic heterocycles. The average Bonchev–Trinajstić information content (AvgIpc) is 2.43. The maximum atomic E-state index is 6.08. The third kappa shape index (κ3) is 4.21. The van der Waals surface area contributed by atoms with Crippen LogP contribution in [0.3, 0.4) is 0 Å². The Bertz CT molecular complexity index is 447. The van der Waals surface area contributed by atoms with Crippen LogP contribution in [-0.2, 0) is 0 Å². The van der Waals surface area contributed by atoms with Gasteiger partial charge in [0.1, 0.15) is 5.75 Å². The maximum Gasteiger partial charge on any atom is 0.120 e. The van der Waals surface area contributed by atoms with Gasteiger partial charge in [0, 0.05) is 19.1 Å². The molecule has 3 unspecified atom stereocenters. The van der Waals surface area contributed by atoms with Gasteiger partial charge in [-0.1, -0.05) is 26.0 Å². The van der Waals surface area contributed by atoms with Crippen LogP contribution < -0.4 is 10.5 Å². The molecule has 1 aromatic carbocycles. The van der Waals surface area contributed by atoms with Crippen LogP contribution in [0.4, 0.5) is 0 Å². The first-order valence-electron chi connectivity index (χ1n) is 8.22. The molecule has 0 radical (unpaired) electrons. The Morgan fingerprint density at radius 1 is 1.29 bits per heavy atom. The predicted octanol–water partition coefficient (Wildman–Crippen LogP) is 3.45. The zero-order valence-electron chi connectivity index (χ0n) is 13.9. The molecule has 0 amide bonds. The molecule has 2 N–H and O–H groups in total. The SMILES string of the molecule is CC(C)Oc1cccc(C(CN)N2CCC(C)C(C)C2)c1. The van der Waals surface area contributed by atoms with Gasteiger partial charge in [-0.05, 0) is 56.3 Å².